The molecule has 4 heteroatoms. The molecule has 0 fully saturated rings. The van der Waals surface area contributed by atoms with Crippen molar-refractivity contribution in [2.75, 3.05) is 0 Å². The molecule has 1 aliphatic rings. The van der Waals surface area contributed by atoms with Crippen LogP contribution in [-0.2, 0) is 4.79 Å². The summed E-state index contributed by atoms with van der Waals surface area (Å²) in [6, 6.07) is 11.4. The van der Waals surface area contributed by atoms with Crippen molar-refractivity contribution in [2.45, 2.75) is 19.3 Å². The molecule has 1 unspecified atom stereocenters. The van der Waals surface area contributed by atoms with Crippen LogP contribution in [0.25, 0.3) is 0 Å². The lowest BCUT2D eigenvalue weighted by atomic mass is 9.82. The van der Waals surface area contributed by atoms with E-state index in [4.69, 9.17) is 0 Å². The molecule has 1 aliphatic carbocycles. The van der Waals surface area contributed by atoms with Crippen LogP contribution >= 0.6 is 0 Å². The minimum absolute atomic E-state index is 0.194. The first-order chi connectivity index (χ1) is 10.5. The Labute approximate surface area is 127 Å². The average molecular weight is 294 g/mol. The van der Waals surface area contributed by atoms with E-state index in [1.807, 2.05) is 0 Å². The minimum atomic E-state index is -0.933. The number of aliphatic carboxylic acids is 1. The van der Waals surface area contributed by atoms with Gasteiger partial charge in [-0.1, -0.05) is 37.3 Å². The van der Waals surface area contributed by atoms with Crippen molar-refractivity contribution >= 4 is 17.5 Å². The van der Waals surface area contributed by atoms with Crippen LogP contribution in [0.3, 0.4) is 0 Å². The fourth-order valence-electron chi connectivity index (χ4n) is 2.89. The summed E-state index contributed by atoms with van der Waals surface area (Å²) in [7, 11) is 0. The normalized spacial score (nSPS) is 14.2. The number of carboxylic acid groups (broad SMARTS) is 1. The molecule has 0 saturated heterocycles. The number of carbonyl (C=O) groups excluding carboxylic acids is 2. The zero-order valence-corrected chi connectivity index (χ0v) is 12.0. The molecule has 0 amide bonds. The van der Waals surface area contributed by atoms with E-state index in [0.29, 0.717) is 34.2 Å². The summed E-state index contributed by atoms with van der Waals surface area (Å²) in [4.78, 5) is 36.3. The first kappa shape index (κ1) is 14.2. The van der Waals surface area contributed by atoms with E-state index >= 15 is 0 Å². The van der Waals surface area contributed by atoms with Gasteiger partial charge < -0.3 is 5.11 Å². The van der Waals surface area contributed by atoms with Gasteiger partial charge in [0.05, 0.1) is 5.92 Å². The molecule has 0 heterocycles. The molecular formula is C18H14O4. The third-order valence-electron chi connectivity index (χ3n) is 4.06. The molecule has 0 aliphatic heterocycles. The van der Waals surface area contributed by atoms with Crippen LogP contribution in [-0.4, -0.2) is 22.6 Å². The second-order valence-electron chi connectivity index (χ2n) is 5.31. The van der Waals surface area contributed by atoms with Gasteiger partial charge in [0.15, 0.2) is 11.6 Å². The lowest BCUT2D eigenvalue weighted by molar-refractivity contribution is -0.138. The summed E-state index contributed by atoms with van der Waals surface area (Å²) in [5.41, 5.74) is 1.96. The molecule has 22 heavy (non-hydrogen) atoms. The van der Waals surface area contributed by atoms with Gasteiger partial charge in [0.1, 0.15) is 0 Å². The number of ketones is 2. The Morgan fingerprint density at radius 1 is 0.955 bits per heavy atom. The van der Waals surface area contributed by atoms with E-state index in [-0.39, 0.29) is 11.6 Å². The second kappa shape index (κ2) is 5.22. The van der Waals surface area contributed by atoms with Crippen molar-refractivity contribution in [3.63, 3.8) is 0 Å². The maximum absolute atomic E-state index is 12.6. The summed E-state index contributed by atoms with van der Waals surface area (Å²) >= 11 is 0. The van der Waals surface area contributed by atoms with Gasteiger partial charge in [0, 0.05) is 22.3 Å². The van der Waals surface area contributed by atoms with Gasteiger partial charge in [-0.15, -0.1) is 0 Å². The SMILES string of the molecule is CCC(C(=O)O)c1ccc2c(c1)C(=O)c1ccccc1C2=O. The van der Waals surface area contributed by atoms with Crippen molar-refractivity contribution in [2.24, 2.45) is 0 Å². The first-order valence-electron chi connectivity index (χ1n) is 7.09. The molecular weight excluding hydrogens is 280 g/mol. The summed E-state index contributed by atoms with van der Waals surface area (Å²) in [5.74, 6) is -2.03. The highest BCUT2D eigenvalue weighted by molar-refractivity contribution is 6.28. The van der Waals surface area contributed by atoms with Crippen LogP contribution in [0, 0.1) is 0 Å². The predicted molar refractivity (Wildman–Crippen MR) is 80.4 cm³/mol. The topological polar surface area (TPSA) is 71.4 Å². The van der Waals surface area contributed by atoms with Crippen LogP contribution in [0.4, 0.5) is 0 Å². The Hall–Kier alpha value is -2.75. The summed E-state index contributed by atoms with van der Waals surface area (Å²) < 4.78 is 0. The van der Waals surface area contributed by atoms with Gasteiger partial charge >= 0.3 is 5.97 Å². The Morgan fingerprint density at radius 3 is 2.05 bits per heavy atom. The number of fused-ring (bicyclic) bond motifs is 2. The van der Waals surface area contributed by atoms with Crippen molar-refractivity contribution < 1.29 is 19.5 Å². The van der Waals surface area contributed by atoms with Gasteiger partial charge in [0.25, 0.3) is 0 Å². The number of hydrogen-bond acceptors (Lipinski definition) is 3. The van der Waals surface area contributed by atoms with Crippen LogP contribution in [0.1, 0.15) is 56.7 Å². The largest absolute Gasteiger partial charge is 0.481 e. The zero-order valence-electron chi connectivity index (χ0n) is 12.0. The monoisotopic (exact) mass is 294 g/mol. The smallest absolute Gasteiger partial charge is 0.310 e. The molecule has 2 aromatic carbocycles. The number of carboxylic acids is 1. The Morgan fingerprint density at radius 2 is 1.50 bits per heavy atom. The van der Waals surface area contributed by atoms with Gasteiger partial charge in [-0.05, 0) is 24.1 Å². The third-order valence-corrected chi connectivity index (χ3v) is 4.06. The molecule has 0 radical (unpaired) electrons. The average Bonchev–Trinajstić information content (AvgIpc) is 2.53. The molecule has 4 nitrogen and oxygen atoms in total. The van der Waals surface area contributed by atoms with Gasteiger partial charge in [-0.3, -0.25) is 14.4 Å². The molecule has 0 bridgehead atoms. The highest BCUT2D eigenvalue weighted by Gasteiger charge is 2.30. The van der Waals surface area contributed by atoms with E-state index in [1.165, 1.54) is 0 Å². The van der Waals surface area contributed by atoms with E-state index in [9.17, 15) is 19.5 Å². The van der Waals surface area contributed by atoms with Crippen LogP contribution in [0.15, 0.2) is 42.5 Å². The summed E-state index contributed by atoms with van der Waals surface area (Å²) in [6.45, 7) is 1.78. The van der Waals surface area contributed by atoms with E-state index in [0.717, 1.165) is 0 Å². The number of carbonyl (C=O) groups is 3. The molecule has 2 aromatic rings. The number of benzene rings is 2. The van der Waals surface area contributed by atoms with E-state index in [2.05, 4.69) is 0 Å². The molecule has 0 spiro atoms. The van der Waals surface area contributed by atoms with Gasteiger partial charge in [0.2, 0.25) is 0 Å². The maximum atomic E-state index is 12.6. The minimum Gasteiger partial charge on any atom is -0.481 e. The molecule has 0 saturated carbocycles. The Kier molecular flexibility index (Phi) is 3.37. The Bertz CT molecular complexity index is 804. The fourth-order valence-corrected chi connectivity index (χ4v) is 2.89. The van der Waals surface area contributed by atoms with Crippen molar-refractivity contribution in [3.05, 3.63) is 70.3 Å². The Balaban J connectivity index is 2.16. The molecule has 3 rings (SSSR count). The van der Waals surface area contributed by atoms with E-state index in [1.54, 1.807) is 49.4 Å². The van der Waals surface area contributed by atoms with Crippen LogP contribution in [0.5, 0.6) is 0 Å². The quantitative estimate of drug-likeness (QED) is 0.806. The first-order valence-corrected chi connectivity index (χ1v) is 7.09. The second-order valence-corrected chi connectivity index (χ2v) is 5.31. The van der Waals surface area contributed by atoms with Gasteiger partial charge in [-0.2, -0.15) is 0 Å². The zero-order chi connectivity index (χ0) is 15.9. The lowest BCUT2D eigenvalue weighted by Gasteiger charge is -2.19. The molecule has 0 aromatic heterocycles. The number of hydrogen-bond donors (Lipinski definition) is 1. The predicted octanol–water partition coefficient (Wildman–Crippen LogP) is 3.04. The standard InChI is InChI=1S/C18H14O4/c1-2-11(18(21)22)10-7-8-14-15(9-10)17(20)13-6-4-3-5-12(13)16(14)19/h3-9,11H,2H2,1H3,(H,21,22). The molecule has 110 valence electrons. The lowest BCUT2D eigenvalue weighted by Crippen LogP contribution is -2.21. The molecule has 1 atom stereocenters. The van der Waals surface area contributed by atoms with E-state index < -0.39 is 11.9 Å². The van der Waals surface area contributed by atoms with Crippen LogP contribution < -0.4 is 0 Å². The van der Waals surface area contributed by atoms with Gasteiger partial charge in [-0.25, -0.2) is 0 Å². The van der Waals surface area contributed by atoms with Crippen molar-refractivity contribution in [1.82, 2.24) is 0 Å². The fraction of sp³-hybridized carbons (Fsp3) is 0.167. The maximum Gasteiger partial charge on any atom is 0.310 e. The highest BCUT2D eigenvalue weighted by atomic mass is 16.4. The van der Waals surface area contributed by atoms with Crippen molar-refractivity contribution in [3.8, 4) is 0 Å². The molecule has 1 N–H and O–H groups in total. The number of rotatable bonds is 3. The van der Waals surface area contributed by atoms with Crippen LogP contribution in [0.2, 0.25) is 0 Å². The highest BCUT2D eigenvalue weighted by Crippen LogP contribution is 2.30. The van der Waals surface area contributed by atoms with Crippen molar-refractivity contribution in [1.29, 1.82) is 0 Å². The third kappa shape index (κ3) is 2.04. The summed E-state index contributed by atoms with van der Waals surface area (Å²) in [6.07, 6.45) is 0.423. The summed E-state index contributed by atoms with van der Waals surface area (Å²) in [5, 5.41) is 9.25.